The minimum absolute atomic E-state index is 0.235. The zero-order valence-corrected chi connectivity index (χ0v) is 11.5. The zero-order chi connectivity index (χ0) is 15.4. The van der Waals surface area contributed by atoms with Crippen LogP contribution in [0.5, 0.6) is 0 Å². The van der Waals surface area contributed by atoms with E-state index in [4.69, 9.17) is 5.11 Å². The van der Waals surface area contributed by atoms with Gasteiger partial charge < -0.3 is 15.2 Å². The van der Waals surface area contributed by atoms with Crippen molar-refractivity contribution >= 4 is 22.8 Å². The molecule has 0 fully saturated rings. The fourth-order valence-corrected chi connectivity index (χ4v) is 2.01. The van der Waals surface area contributed by atoms with Crippen LogP contribution < -0.4 is 10.9 Å². The average molecular weight is 291 g/mol. The minimum Gasteiger partial charge on any atom is -0.480 e. The lowest BCUT2D eigenvalue weighted by Crippen LogP contribution is -2.52. The van der Waals surface area contributed by atoms with E-state index in [1.54, 1.807) is 6.20 Å². The first kappa shape index (κ1) is 15.0. The lowest BCUT2D eigenvalue weighted by Gasteiger charge is -2.17. The number of hydrogen-bond acceptors (Lipinski definition) is 4. The number of carboxylic acid groups (broad SMARTS) is 2. The molecule has 0 aliphatic heterocycles. The zero-order valence-electron chi connectivity index (χ0n) is 11.5. The molecule has 0 saturated heterocycles. The Balaban J connectivity index is 2.09. The molecule has 0 saturated carbocycles. The molecule has 7 nitrogen and oxygen atoms in total. The second kappa shape index (κ2) is 6.38. The summed E-state index contributed by atoms with van der Waals surface area (Å²) in [5, 5.41) is 19.0. The number of carboxylic acids is 2. The Kier molecular flexibility index (Phi) is 4.56. The summed E-state index contributed by atoms with van der Waals surface area (Å²) in [6.07, 6.45) is 2.00. The van der Waals surface area contributed by atoms with Gasteiger partial charge in [-0.25, -0.2) is 10.9 Å². The predicted molar refractivity (Wildman–Crippen MR) is 76.8 cm³/mol. The summed E-state index contributed by atoms with van der Waals surface area (Å²) in [6.45, 7) is 1.43. The molecule has 0 unspecified atom stereocenters. The smallest absolute Gasteiger partial charge is 0.322 e. The van der Waals surface area contributed by atoms with Crippen LogP contribution in [0.2, 0.25) is 0 Å². The van der Waals surface area contributed by atoms with E-state index in [1.807, 2.05) is 24.3 Å². The van der Waals surface area contributed by atoms with Crippen molar-refractivity contribution < 1.29 is 19.8 Å². The molecule has 0 bridgehead atoms. The van der Waals surface area contributed by atoms with Crippen LogP contribution in [0.25, 0.3) is 10.9 Å². The molecule has 0 amide bonds. The number of H-pyrrole nitrogens is 1. The third-order valence-electron chi connectivity index (χ3n) is 3.24. The molecule has 0 radical (unpaired) electrons. The van der Waals surface area contributed by atoms with Crippen molar-refractivity contribution in [1.82, 2.24) is 15.8 Å². The monoisotopic (exact) mass is 291 g/mol. The molecule has 2 rings (SSSR count). The SMILES string of the molecule is C[C@H](NN[C@@H](Cc1c[nH]c2ccccc12)C(=O)O)C(=O)O. The number of benzene rings is 1. The number of aliphatic carboxylic acids is 2. The summed E-state index contributed by atoms with van der Waals surface area (Å²) in [7, 11) is 0. The van der Waals surface area contributed by atoms with Crippen LogP contribution in [0.1, 0.15) is 12.5 Å². The molecular weight excluding hydrogens is 274 g/mol. The highest BCUT2D eigenvalue weighted by Crippen LogP contribution is 2.19. The first-order valence-electron chi connectivity index (χ1n) is 6.50. The number of carbonyl (C=O) groups is 2. The Bertz CT molecular complexity index is 652. The number of nitrogens with one attached hydrogen (secondary N) is 3. The highest BCUT2D eigenvalue weighted by Gasteiger charge is 2.21. The number of fused-ring (bicyclic) bond motifs is 1. The van der Waals surface area contributed by atoms with E-state index >= 15 is 0 Å². The summed E-state index contributed by atoms with van der Waals surface area (Å²) in [6, 6.07) is 5.79. The second-order valence-corrected chi connectivity index (χ2v) is 4.80. The first-order valence-corrected chi connectivity index (χ1v) is 6.50. The van der Waals surface area contributed by atoms with Gasteiger partial charge in [0.2, 0.25) is 0 Å². The van der Waals surface area contributed by atoms with Crippen LogP contribution >= 0.6 is 0 Å². The maximum absolute atomic E-state index is 11.3. The van der Waals surface area contributed by atoms with Crippen molar-refractivity contribution in [3.05, 3.63) is 36.0 Å². The van der Waals surface area contributed by atoms with E-state index in [9.17, 15) is 14.7 Å². The molecule has 1 heterocycles. The van der Waals surface area contributed by atoms with Gasteiger partial charge >= 0.3 is 11.9 Å². The lowest BCUT2D eigenvalue weighted by atomic mass is 10.1. The molecule has 0 aliphatic rings. The number of para-hydroxylation sites is 1. The topological polar surface area (TPSA) is 114 Å². The van der Waals surface area contributed by atoms with E-state index in [0.717, 1.165) is 16.5 Å². The summed E-state index contributed by atoms with van der Waals surface area (Å²) < 4.78 is 0. The molecule has 0 spiro atoms. The van der Waals surface area contributed by atoms with Crippen LogP contribution in [-0.2, 0) is 16.0 Å². The van der Waals surface area contributed by atoms with E-state index in [2.05, 4.69) is 15.8 Å². The average Bonchev–Trinajstić information content (AvgIpc) is 2.85. The fourth-order valence-electron chi connectivity index (χ4n) is 2.01. The van der Waals surface area contributed by atoms with Gasteiger partial charge in [-0.3, -0.25) is 9.59 Å². The van der Waals surface area contributed by atoms with E-state index in [1.165, 1.54) is 6.92 Å². The van der Waals surface area contributed by atoms with E-state index in [0.29, 0.717) is 0 Å². The summed E-state index contributed by atoms with van der Waals surface area (Å²) >= 11 is 0. The van der Waals surface area contributed by atoms with Gasteiger partial charge in [0.1, 0.15) is 12.1 Å². The molecule has 5 N–H and O–H groups in total. The Hall–Kier alpha value is -2.38. The van der Waals surface area contributed by atoms with Gasteiger partial charge in [-0.1, -0.05) is 18.2 Å². The Morgan fingerprint density at radius 2 is 1.90 bits per heavy atom. The summed E-state index contributed by atoms with van der Waals surface area (Å²) in [5.74, 6) is -2.11. The van der Waals surface area contributed by atoms with Gasteiger partial charge in [-0.2, -0.15) is 0 Å². The van der Waals surface area contributed by atoms with Crippen LogP contribution in [0.15, 0.2) is 30.5 Å². The third kappa shape index (κ3) is 3.59. The van der Waals surface area contributed by atoms with Gasteiger partial charge in [0.25, 0.3) is 0 Å². The standard InChI is InChI=1S/C14H17N3O4/c1-8(13(18)19)16-17-12(14(20)21)6-9-7-15-11-5-3-2-4-10(9)11/h2-5,7-8,12,15-17H,6H2,1H3,(H,18,19)(H,20,21)/t8-,12-/m0/s1. The van der Waals surface area contributed by atoms with Crippen molar-refractivity contribution in [2.45, 2.75) is 25.4 Å². The van der Waals surface area contributed by atoms with Crippen molar-refractivity contribution in [3.63, 3.8) is 0 Å². The van der Waals surface area contributed by atoms with Crippen LogP contribution in [-0.4, -0.2) is 39.2 Å². The summed E-state index contributed by atoms with van der Waals surface area (Å²) in [5.41, 5.74) is 6.83. The van der Waals surface area contributed by atoms with Gasteiger partial charge in [-0.05, 0) is 18.6 Å². The third-order valence-corrected chi connectivity index (χ3v) is 3.24. The number of aromatic amines is 1. The number of rotatable bonds is 7. The normalized spacial score (nSPS) is 14.0. The minimum atomic E-state index is -1.06. The molecule has 2 aromatic rings. The van der Waals surface area contributed by atoms with Crippen LogP contribution in [0.3, 0.4) is 0 Å². The van der Waals surface area contributed by atoms with Gasteiger partial charge in [-0.15, -0.1) is 0 Å². The largest absolute Gasteiger partial charge is 0.480 e. The highest BCUT2D eigenvalue weighted by atomic mass is 16.4. The maximum Gasteiger partial charge on any atom is 0.322 e. The lowest BCUT2D eigenvalue weighted by molar-refractivity contribution is -0.142. The van der Waals surface area contributed by atoms with Crippen molar-refractivity contribution in [1.29, 1.82) is 0 Å². The molecule has 21 heavy (non-hydrogen) atoms. The number of aromatic nitrogens is 1. The first-order chi connectivity index (χ1) is 9.99. The van der Waals surface area contributed by atoms with Crippen LogP contribution in [0, 0.1) is 0 Å². The summed E-state index contributed by atoms with van der Waals surface area (Å²) in [4.78, 5) is 25.1. The van der Waals surface area contributed by atoms with E-state index in [-0.39, 0.29) is 6.42 Å². The fraction of sp³-hybridized carbons (Fsp3) is 0.286. The predicted octanol–water partition coefficient (Wildman–Crippen LogP) is 0.731. The highest BCUT2D eigenvalue weighted by molar-refractivity contribution is 5.84. The number of hydrazine groups is 1. The molecular formula is C14H17N3O4. The maximum atomic E-state index is 11.3. The van der Waals surface area contributed by atoms with E-state index < -0.39 is 24.0 Å². The molecule has 2 atom stereocenters. The van der Waals surface area contributed by atoms with Crippen molar-refractivity contribution in [3.8, 4) is 0 Å². The molecule has 7 heteroatoms. The number of hydrogen-bond donors (Lipinski definition) is 5. The van der Waals surface area contributed by atoms with Crippen molar-refractivity contribution in [2.24, 2.45) is 0 Å². The molecule has 1 aromatic carbocycles. The Morgan fingerprint density at radius 3 is 2.57 bits per heavy atom. The molecule has 112 valence electrons. The Morgan fingerprint density at radius 1 is 1.19 bits per heavy atom. The van der Waals surface area contributed by atoms with Gasteiger partial charge in [0.05, 0.1) is 0 Å². The quantitative estimate of drug-likeness (QED) is 0.480. The second-order valence-electron chi connectivity index (χ2n) is 4.80. The van der Waals surface area contributed by atoms with Gasteiger partial charge in [0, 0.05) is 23.5 Å². The van der Waals surface area contributed by atoms with Crippen molar-refractivity contribution in [2.75, 3.05) is 0 Å². The molecule has 0 aliphatic carbocycles. The Labute approximate surface area is 120 Å². The molecule has 1 aromatic heterocycles. The van der Waals surface area contributed by atoms with Gasteiger partial charge in [0.15, 0.2) is 0 Å². The van der Waals surface area contributed by atoms with Crippen LogP contribution in [0.4, 0.5) is 0 Å².